The topological polar surface area (TPSA) is 50.4 Å². The highest BCUT2D eigenvalue weighted by Crippen LogP contribution is 2.59. The molecule has 164 valence electrons. The molecule has 0 spiro atoms. The number of carbonyl (C=O) groups excluding carboxylic acids is 1. The molecule has 4 saturated carbocycles. The summed E-state index contributed by atoms with van der Waals surface area (Å²) in [7, 11) is 1.42. The first-order valence-electron chi connectivity index (χ1n) is 11.3. The number of hydrogen-bond donors (Lipinski definition) is 2. The zero-order valence-corrected chi connectivity index (χ0v) is 19.6. The fourth-order valence-electron chi connectivity index (χ4n) is 6.60. The quantitative estimate of drug-likeness (QED) is 0.438. The number of hydrogen-bond acceptors (Lipinski definition) is 4. The van der Waals surface area contributed by atoms with Crippen LogP contribution in [0.15, 0.2) is 36.4 Å². The maximum Gasteiger partial charge on any atom is 0.340 e. The van der Waals surface area contributed by atoms with Gasteiger partial charge in [0.1, 0.15) is 5.00 Å². The number of ether oxygens (including phenoxy) is 1. The highest BCUT2D eigenvalue weighted by Gasteiger charge is 2.50. The van der Waals surface area contributed by atoms with Gasteiger partial charge in [-0.3, -0.25) is 0 Å². The molecule has 0 saturated heterocycles. The lowest BCUT2D eigenvalue weighted by molar-refractivity contribution is -0.0490. The fraction of sp³-hybridized carbons (Fsp3) is 0.520. The number of nitrogens with one attached hydrogen (secondary N) is 2. The summed E-state index contributed by atoms with van der Waals surface area (Å²) >= 11 is 7.22. The van der Waals surface area contributed by atoms with Gasteiger partial charge in [-0.1, -0.05) is 30.3 Å². The SMILES string of the molecule is COC(=O)c1cc(Cc2ccccc2)sc1NC(=S)NCC12CC3CC(CC(C3)C1)C2. The zero-order chi connectivity index (χ0) is 21.4. The molecule has 0 radical (unpaired) electrons. The number of anilines is 1. The van der Waals surface area contributed by atoms with E-state index in [-0.39, 0.29) is 5.97 Å². The van der Waals surface area contributed by atoms with Gasteiger partial charge in [-0.05, 0) is 85.5 Å². The Hall–Kier alpha value is -1.92. The van der Waals surface area contributed by atoms with E-state index in [1.54, 1.807) is 11.3 Å². The molecule has 4 bridgehead atoms. The van der Waals surface area contributed by atoms with Gasteiger partial charge in [-0.25, -0.2) is 4.79 Å². The lowest BCUT2D eigenvalue weighted by Crippen LogP contribution is -2.51. The summed E-state index contributed by atoms with van der Waals surface area (Å²) in [5.74, 6) is 2.46. The van der Waals surface area contributed by atoms with E-state index < -0.39 is 0 Å². The van der Waals surface area contributed by atoms with Crippen molar-refractivity contribution < 1.29 is 9.53 Å². The molecule has 31 heavy (non-hydrogen) atoms. The van der Waals surface area contributed by atoms with Crippen LogP contribution >= 0.6 is 23.6 Å². The molecule has 1 aromatic heterocycles. The van der Waals surface area contributed by atoms with E-state index in [4.69, 9.17) is 17.0 Å². The highest BCUT2D eigenvalue weighted by molar-refractivity contribution is 7.80. The Labute approximate surface area is 193 Å². The van der Waals surface area contributed by atoms with E-state index in [0.29, 0.717) is 16.1 Å². The van der Waals surface area contributed by atoms with Crippen LogP contribution in [0.4, 0.5) is 5.00 Å². The van der Waals surface area contributed by atoms with E-state index in [2.05, 4.69) is 22.8 Å². The van der Waals surface area contributed by atoms with Crippen molar-refractivity contribution in [3.8, 4) is 0 Å². The summed E-state index contributed by atoms with van der Waals surface area (Å²) in [6, 6.07) is 12.2. The maximum atomic E-state index is 12.3. The Kier molecular flexibility index (Phi) is 5.78. The van der Waals surface area contributed by atoms with Crippen LogP contribution < -0.4 is 10.6 Å². The zero-order valence-electron chi connectivity index (χ0n) is 18.0. The van der Waals surface area contributed by atoms with Crippen LogP contribution in [0.1, 0.15) is 59.3 Å². The third kappa shape index (κ3) is 4.51. The van der Waals surface area contributed by atoms with Gasteiger partial charge in [0.25, 0.3) is 0 Å². The Morgan fingerprint density at radius 2 is 1.77 bits per heavy atom. The van der Waals surface area contributed by atoms with Crippen molar-refractivity contribution in [2.45, 2.75) is 44.9 Å². The van der Waals surface area contributed by atoms with Crippen molar-refractivity contribution in [1.29, 1.82) is 0 Å². The van der Waals surface area contributed by atoms with Gasteiger partial charge in [-0.15, -0.1) is 11.3 Å². The molecule has 6 heteroatoms. The standard InChI is InChI=1S/C25H30N2O2S2/c1-29-23(28)21-11-20(10-16-5-3-2-4-6-16)31-22(21)27-24(30)26-15-25-12-17-7-18(13-25)9-19(8-17)14-25/h2-6,11,17-19H,7-10,12-15H2,1H3,(H2,26,27,30). The smallest absolute Gasteiger partial charge is 0.340 e. The van der Waals surface area contributed by atoms with Gasteiger partial charge in [0.15, 0.2) is 5.11 Å². The minimum atomic E-state index is -0.332. The van der Waals surface area contributed by atoms with Crippen LogP contribution in [-0.4, -0.2) is 24.7 Å². The summed E-state index contributed by atoms with van der Waals surface area (Å²) in [6.45, 7) is 0.943. The number of rotatable bonds is 6. The molecule has 0 atom stereocenters. The summed E-state index contributed by atoms with van der Waals surface area (Å²) < 4.78 is 5.01. The number of benzene rings is 1. The molecule has 4 aliphatic rings. The minimum absolute atomic E-state index is 0.332. The second kappa shape index (κ2) is 8.55. The molecule has 4 aliphatic carbocycles. The van der Waals surface area contributed by atoms with Crippen LogP contribution in [0.5, 0.6) is 0 Å². The van der Waals surface area contributed by atoms with Crippen molar-refractivity contribution in [3.05, 3.63) is 52.4 Å². The molecular weight excluding hydrogens is 424 g/mol. The second-order valence-corrected chi connectivity index (χ2v) is 11.4. The van der Waals surface area contributed by atoms with Gasteiger partial charge >= 0.3 is 5.97 Å². The number of esters is 1. The van der Waals surface area contributed by atoms with Crippen LogP contribution in [0.2, 0.25) is 0 Å². The Morgan fingerprint density at radius 1 is 1.13 bits per heavy atom. The molecule has 1 aromatic carbocycles. The van der Waals surface area contributed by atoms with Crippen LogP contribution in [0.3, 0.4) is 0 Å². The average Bonchev–Trinajstić information content (AvgIpc) is 3.13. The first kappa shape index (κ1) is 21.0. The van der Waals surface area contributed by atoms with Crippen molar-refractivity contribution in [1.82, 2.24) is 5.32 Å². The minimum Gasteiger partial charge on any atom is -0.465 e. The molecule has 2 aromatic rings. The average molecular weight is 455 g/mol. The largest absolute Gasteiger partial charge is 0.465 e. The van der Waals surface area contributed by atoms with E-state index in [9.17, 15) is 4.79 Å². The summed E-state index contributed by atoms with van der Waals surface area (Å²) in [5, 5.41) is 8.18. The molecule has 4 fully saturated rings. The molecule has 6 rings (SSSR count). The molecular formula is C25H30N2O2S2. The molecule has 0 amide bonds. The molecule has 1 heterocycles. The maximum absolute atomic E-state index is 12.3. The monoisotopic (exact) mass is 454 g/mol. The first-order valence-corrected chi connectivity index (χ1v) is 12.5. The van der Waals surface area contributed by atoms with E-state index in [0.717, 1.165) is 40.6 Å². The summed E-state index contributed by atoms with van der Waals surface area (Å²) in [4.78, 5) is 13.5. The predicted octanol–water partition coefficient (Wildman–Crippen LogP) is 5.63. The van der Waals surface area contributed by atoms with Gasteiger partial charge in [0.2, 0.25) is 0 Å². The summed E-state index contributed by atoms with van der Waals surface area (Å²) in [6.07, 6.45) is 9.18. The van der Waals surface area contributed by atoms with Gasteiger partial charge in [0, 0.05) is 17.8 Å². The number of carbonyl (C=O) groups is 1. The molecule has 4 nitrogen and oxygen atoms in total. The van der Waals surface area contributed by atoms with Gasteiger partial charge in [0.05, 0.1) is 12.7 Å². The van der Waals surface area contributed by atoms with Crippen molar-refractivity contribution in [3.63, 3.8) is 0 Å². The van der Waals surface area contributed by atoms with Crippen LogP contribution in [0, 0.1) is 23.2 Å². The van der Waals surface area contributed by atoms with Gasteiger partial charge < -0.3 is 15.4 Å². The third-order valence-corrected chi connectivity index (χ3v) is 8.72. The van der Waals surface area contributed by atoms with Crippen molar-refractivity contribution in [2.24, 2.45) is 23.2 Å². The second-order valence-electron chi connectivity index (χ2n) is 9.83. The van der Waals surface area contributed by atoms with E-state index >= 15 is 0 Å². The Balaban J connectivity index is 1.25. The third-order valence-electron chi connectivity index (χ3n) is 7.43. The first-order chi connectivity index (χ1) is 15.0. The Morgan fingerprint density at radius 3 is 2.39 bits per heavy atom. The normalized spacial score (nSPS) is 28.4. The van der Waals surface area contributed by atoms with E-state index in [1.165, 1.54) is 51.2 Å². The van der Waals surface area contributed by atoms with Crippen molar-refractivity contribution >= 4 is 39.6 Å². The van der Waals surface area contributed by atoms with Crippen LogP contribution in [0.25, 0.3) is 0 Å². The number of thiophene rings is 1. The molecule has 0 aliphatic heterocycles. The predicted molar refractivity (Wildman–Crippen MR) is 130 cm³/mol. The molecule has 0 unspecified atom stereocenters. The molecule has 2 N–H and O–H groups in total. The summed E-state index contributed by atoms with van der Waals surface area (Å²) in [5.41, 5.74) is 2.19. The number of thiocarbonyl (C=S) groups is 1. The van der Waals surface area contributed by atoms with Crippen LogP contribution in [-0.2, 0) is 11.2 Å². The Bertz CT molecular complexity index is 934. The van der Waals surface area contributed by atoms with Crippen molar-refractivity contribution in [2.75, 3.05) is 19.0 Å². The lowest BCUT2D eigenvalue weighted by Gasteiger charge is -2.57. The lowest BCUT2D eigenvalue weighted by atomic mass is 9.49. The van der Waals surface area contributed by atoms with E-state index in [1.807, 2.05) is 24.3 Å². The van der Waals surface area contributed by atoms with Gasteiger partial charge in [-0.2, -0.15) is 0 Å². The number of methoxy groups -OCH3 is 1. The highest BCUT2D eigenvalue weighted by atomic mass is 32.1. The fourth-order valence-corrected chi connectivity index (χ4v) is 7.92.